The van der Waals surface area contributed by atoms with Gasteiger partial charge in [-0.25, -0.2) is 0 Å². The molecule has 0 aliphatic carbocycles. The second kappa shape index (κ2) is 5.38. The Balaban J connectivity index is 2.26. The van der Waals surface area contributed by atoms with E-state index in [9.17, 15) is 0 Å². The molecular weight excluding hydrogens is 236 g/mol. The Kier molecular flexibility index (Phi) is 3.87. The van der Waals surface area contributed by atoms with Gasteiger partial charge in [-0.1, -0.05) is 42.5 Å². The van der Waals surface area contributed by atoms with Gasteiger partial charge in [-0.15, -0.1) is 0 Å². The van der Waals surface area contributed by atoms with Crippen LogP contribution in [0.5, 0.6) is 0 Å². The number of benzene rings is 2. The number of fused-ring (bicyclic) bond motifs is 1. The average molecular weight is 250 g/mol. The van der Waals surface area contributed by atoms with Crippen molar-refractivity contribution in [2.45, 2.75) is 0 Å². The van der Waals surface area contributed by atoms with Crippen LogP contribution in [0.2, 0.25) is 0 Å². The maximum absolute atomic E-state index is 5.67. The molecule has 0 atom stereocenters. The zero-order valence-corrected chi connectivity index (χ0v) is 13.6. The van der Waals surface area contributed by atoms with Crippen LogP contribution in [-0.2, 0) is 8.23 Å². The summed E-state index contributed by atoms with van der Waals surface area (Å²) >= 11 is 0. The van der Waals surface area contributed by atoms with E-state index < -0.39 is 19.8 Å². The first-order valence-electron chi connectivity index (χ1n) is 4.95. The molecule has 0 aliphatic heterocycles. The molecule has 0 aromatic heterocycles. The molecule has 0 bridgehead atoms. The molecule has 78 valence electrons. The van der Waals surface area contributed by atoms with Crippen LogP contribution in [-0.4, -0.2) is 30.3 Å². The highest BCUT2D eigenvalue weighted by Crippen LogP contribution is 2.09. The lowest BCUT2D eigenvalue weighted by Crippen LogP contribution is -2.21. The van der Waals surface area contributed by atoms with Crippen molar-refractivity contribution in [3.8, 4) is 0 Å². The molecule has 0 N–H and O–H groups in total. The third-order valence-electron chi connectivity index (χ3n) is 2.34. The fraction of sp³-hybridized carbons (Fsp3) is 0. The molecule has 0 unspecified atom stereocenters. The molecule has 2 nitrogen and oxygen atoms in total. The van der Waals surface area contributed by atoms with E-state index in [1.165, 1.54) is 16.0 Å². The number of hydrogen-bond donors (Lipinski definition) is 0. The Morgan fingerprint density at radius 1 is 1.00 bits per heavy atom. The van der Waals surface area contributed by atoms with E-state index in [4.69, 9.17) is 8.23 Å². The minimum atomic E-state index is -0.665. The van der Waals surface area contributed by atoms with Crippen molar-refractivity contribution in [1.82, 2.24) is 0 Å². The summed E-state index contributed by atoms with van der Waals surface area (Å²) < 4.78 is 10.8. The Labute approximate surface area is 97.2 Å². The van der Waals surface area contributed by atoms with Gasteiger partial charge in [0, 0.05) is 0 Å². The van der Waals surface area contributed by atoms with Gasteiger partial charge in [0.25, 0.3) is 10.0 Å². The normalized spacial score (nSPS) is 12.5. The lowest BCUT2D eigenvalue weighted by Gasteiger charge is -2.06. The highest BCUT2D eigenvalue weighted by molar-refractivity contribution is 6.56. The third kappa shape index (κ3) is 2.64. The van der Waals surface area contributed by atoms with E-state index in [1.54, 1.807) is 0 Å². The number of hydrogen-bond acceptors (Lipinski definition) is 2. The molecule has 0 aliphatic rings. The SMILES string of the molecule is [SiH3]O[SiH2]O[SiH2]c1cccc2ccccc12. The summed E-state index contributed by atoms with van der Waals surface area (Å²) in [5.74, 6) is 0. The molecule has 2 rings (SSSR count). The maximum atomic E-state index is 5.67. The second-order valence-corrected chi connectivity index (χ2v) is 8.62. The standard InChI is InChI=1S/C10H14O2Si3/c13-11-15-12-14-10-7-3-5-8-4-1-2-6-9(8)10/h1-7H,14-15H2,13H3. The third-order valence-corrected chi connectivity index (χ3v) is 5.69. The molecule has 5 heteroatoms. The van der Waals surface area contributed by atoms with Crippen LogP contribution in [0.25, 0.3) is 10.8 Å². The molecule has 0 radical (unpaired) electrons. The molecular formula is C10H14O2Si3. The molecule has 0 heterocycles. The van der Waals surface area contributed by atoms with Gasteiger partial charge in [0.05, 0.1) is 0 Å². The van der Waals surface area contributed by atoms with Gasteiger partial charge in [-0.05, 0) is 16.0 Å². The van der Waals surface area contributed by atoms with Gasteiger partial charge in [-0.2, -0.15) is 0 Å². The summed E-state index contributed by atoms with van der Waals surface area (Å²) in [5, 5.41) is 4.04. The quantitative estimate of drug-likeness (QED) is 0.505. The Morgan fingerprint density at radius 2 is 1.80 bits per heavy atom. The van der Waals surface area contributed by atoms with Crippen LogP contribution in [0.15, 0.2) is 42.5 Å². The predicted molar refractivity (Wildman–Crippen MR) is 72.8 cm³/mol. The van der Waals surface area contributed by atoms with Crippen LogP contribution in [0.1, 0.15) is 0 Å². The van der Waals surface area contributed by atoms with E-state index in [0.29, 0.717) is 0 Å². The van der Waals surface area contributed by atoms with Crippen molar-refractivity contribution < 1.29 is 8.23 Å². The zero-order valence-electron chi connectivity index (χ0n) is 8.77. The summed E-state index contributed by atoms with van der Waals surface area (Å²) in [7, 11) is -0.442. The van der Waals surface area contributed by atoms with Crippen molar-refractivity contribution in [2.24, 2.45) is 0 Å². The van der Waals surface area contributed by atoms with Gasteiger partial charge in [0.2, 0.25) is 0 Å². The highest BCUT2D eigenvalue weighted by Gasteiger charge is 2.00. The molecule has 0 amide bonds. The van der Waals surface area contributed by atoms with Crippen LogP contribution in [0.4, 0.5) is 0 Å². The monoisotopic (exact) mass is 250 g/mol. The Hall–Kier alpha value is -0.729. The molecule has 0 saturated carbocycles. The number of rotatable bonds is 4. The lowest BCUT2D eigenvalue weighted by molar-refractivity contribution is 0.508. The first kappa shape index (κ1) is 10.8. The smallest absolute Gasteiger partial charge is 0.283 e. The maximum Gasteiger partial charge on any atom is 0.283 e. The van der Waals surface area contributed by atoms with E-state index in [-0.39, 0.29) is 0 Å². The van der Waals surface area contributed by atoms with Crippen LogP contribution in [0.3, 0.4) is 0 Å². The van der Waals surface area contributed by atoms with E-state index >= 15 is 0 Å². The summed E-state index contributed by atoms with van der Waals surface area (Å²) in [5.41, 5.74) is 0. The van der Waals surface area contributed by atoms with Gasteiger partial charge < -0.3 is 8.23 Å². The highest BCUT2D eigenvalue weighted by atomic mass is 28.3. The van der Waals surface area contributed by atoms with Crippen molar-refractivity contribution in [2.75, 3.05) is 0 Å². The minimum Gasteiger partial charge on any atom is -0.449 e. The Bertz CT molecular complexity index is 442. The Morgan fingerprint density at radius 3 is 2.67 bits per heavy atom. The van der Waals surface area contributed by atoms with E-state index in [2.05, 4.69) is 42.5 Å². The molecule has 2 aromatic rings. The molecule has 0 saturated heterocycles. The van der Waals surface area contributed by atoms with Crippen LogP contribution < -0.4 is 5.19 Å². The zero-order chi connectivity index (χ0) is 10.5. The van der Waals surface area contributed by atoms with Gasteiger partial charge in [0.1, 0.15) is 10.5 Å². The summed E-state index contributed by atoms with van der Waals surface area (Å²) in [4.78, 5) is 0. The molecule has 2 aromatic carbocycles. The average Bonchev–Trinajstić information content (AvgIpc) is 2.30. The van der Waals surface area contributed by atoms with Crippen molar-refractivity contribution in [3.63, 3.8) is 0 Å². The van der Waals surface area contributed by atoms with Crippen LogP contribution >= 0.6 is 0 Å². The largest absolute Gasteiger partial charge is 0.449 e. The summed E-state index contributed by atoms with van der Waals surface area (Å²) in [6, 6.07) is 14.9. The fourth-order valence-electron chi connectivity index (χ4n) is 1.65. The minimum absolute atomic E-state index is 0.585. The van der Waals surface area contributed by atoms with E-state index in [0.717, 1.165) is 10.5 Å². The predicted octanol–water partition coefficient (Wildman–Crippen LogP) is -1.14. The second-order valence-electron chi connectivity index (χ2n) is 3.39. The van der Waals surface area contributed by atoms with Crippen molar-refractivity contribution in [1.29, 1.82) is 0 Å². The summed E-state index contributed by atoms with van der Waals surface area (Å²) in [6.45, 7) is 0. The van der Waals surface area contributed by atoms with Gasteiger partial charge >= 0.3 is 0 Å². The van der Waals surface area contributed by atoms with Crippen LogP contribution in [0, 0.1) is 0 Å². The lowest BCUT2D eigenvalue weighted by atomic mass is 10.1. The molecule has 0 fully saturated rings. The topological polar surface area (TPSA) is 18.5 Å². The van der Waals surface area contributed by atoms with Crippen molar-refractivity contribution >= 4 is 46.2 Å². The van der Waals surface area contributed by atoms with Crippen molar-refractivity contribution in [3.05, 3.63) is 42.5 Å². The molecule has 0 spiro atoms. The first-order chi connectivity index (χ1) is 7.42. The van der Waals surface area contributed by atoms with Gasteiger partial charge in [-0.3, -0.25) is 0 Å². The first-order valence-corrected chi connectivity index (χ1v) is 8.20. The van der Waals surface area contributed by atoms with E-state index in [1.807, 2.05) is 0 Å². The fourth-order valence-corrected chi connectivity index (χ4v) is 5.74. The summed E-state index contributed by atoms with van der Waals surface area (Å²) in [6.07, 6.45) is 0. The van der Waals surface area contributed by atoms with Gasteiger partial charge in [0.15, 0.2) is 9.76 Å². The molecule has 15 heavy (non-hydrogen) atoms.